The molecule has 0 amide bonds. The van der Waals surface area contributed by atoms with Crippen LogP contribution < -0.4 is 10.1 Å². The van der Waals surface area contributed by atoms with Gasteiger partial charge >= 0.3 is 0 Å². The van der Waals surface area contributed by atoms with Gasteiger partial charge in [-0.15, -0.1) is 0 Å². The van der Waals surface area contributed by atoms with Crippen LogP contribution in [0.1, 0.15) is 16.7 Å². The lowest BCUT2D eigenvalue weighted by molar-refractivity contribution is 0.0795. The molecule has 3 nitrogen and oxygen atoms in total. The van der Waals surface area contributed by atoms with Gasteiger partial charge < -0.3 is 15.2 Å². The molecule has 3 aromatic carbocycles. The average molecular weight is 351 g/mol. The first kappa shape index (κ1) is 18.1. The van der Waals surface area contributed by atoms with Crippen LogP contribution >= 0.6 is 0 Å². The summed E-state index contributed by atoms with van der Waals surface area (Å²) in [7, 11) is 1.64. The Morgan fingerprint density at radius 3 is 2.19 bits per heavy atom. The number of benzene rings is 3. The summed E-state index contributed by atoms with van der Waals surface area (Å²) in [5.74, 6) is 0.469. The Balaban J connectivity index is 1.84. The lowest BCUT2D eigenvalue weighted by Crippen LogP contribution is -2.39. The molecule has 0 aliphatic heterocycles. The fourth-order valence-electron chi connectivity index (χ4n) is 3.04. The molecular formula is C22H22FNO2. The fourth-order valence-corrected chi connectivity index (χ4v) is 3.04. The molecule has 0 aromatic heterocycles. The first-order valence-electron chi connectivity index (χ1n) is 8.50. The predicted octanol–water partition coefficient (Wildman–Crippen LogP) is 3.86. The molecule has 4 heteroatoms. The van der Waals surface area contributed by atoms with Crippen LogP contribution in [0.4, 0.5) is 4.39 Å². The Morgan fingerprint density at radius 2 is 1.50 bits per heavy atom. The lowest BCUT2D eigenvalue weighted by atomic mass is 9.86. The fraction of sp³-hybridized carbons (Fsp3) is 0.182. The highest BCUT2D eigenvalue weighted by Gasteiger charge is 2.31. The first-order valence-corrected chi connectivity index (χ1v) is 8.50. The molecule has 0 spiro atoms. The number of para-hydroxylation sites is 1. The monoisotopic (exact) mass is 351 g/mol. The Kier molecular flexibility index (Phi) is 5.66. The molecule has 3 aromatic rings. The number of methoxy groups -OCH3 is 1. The van der Waals surface area contributed by atoms with Crippen LogP contribution in [0.15, 0.2) is 78.9 Å². The molecule has 0 fully saturated rings. The summed E-state index contributed by atoms with van der Waals surface area (Å²) >= 11 is 0. The van der Waals surface area contributed by atoms with Gasteiger partial charge in [-0.3, -0.25) is 0 Å². The number of halogens is 1. The van der Waals surface area contributed by atoms with E-state index in [0.717, 1.165) is 16.9 Å². The minimum Gasteiger partial charge on any atom is -0.496 e. The van der Waals surface area contributed by atoms with Crippen molar-refractivity contribution in [2.45, 2.75) is 12.1 Å². The minimum atomic E-state index is -1.27. The van der Waals surface area contributed by atoms with Crippen molar-refractivity contribution in [3.05, 3.63) is 101 Å². The van der Waals surface area contributed by atoms with Crippen molar-refractivity contribution in [2.24, 2.45) is 0 Å². The van der Waals surface area contributed by atoms with Crippen LogP contribution in [-0.4, -0.2) is 18.8 Å². The van der Waals surface area contributed by atoms with Crippen LogP contribution in [0.3, 0.4) is 0 Å². The third-order valence-electron chi connectivity index (χ3n) is 4.46. The number of aliphatic hydroxyl groups is 1. The van der Waals surface area contributed by atoms with E-state index in [1.165, 1.54) is 12.1 Å². The van der Waals surface area contributed by atoms with E-state index in [9.17, 15) is 9.50 Å². The van der Waals surface area contributed by atoms with E-state index in [2.05, 4.69) is 5.32 Å². The van der Waals surface area contributed by atoms with Crippen molar-refractivity contribution in [3.8, 4) is 5.75 Å². The van der Waals surface area contributed by atoms with Crippen molar-refractivity contribution in [1.29, 1.82) is 0 Å². The van der Waals surface area contributed by atoms with Crippen LogP contribution in [0.2, 0.25) is 0 Å². The van der Waals surface area contributed by atoms with E-state index in [4.69, 9.17) is 4.74 Å². The SMILES string of the molecule is COc1ccccc1CNCC(O)(c1ccccc1)c1ccc(F)cc1. The second-order valence-electron chi connectivity index (χ2n) is 6.15. The van der Waals surface area contributed by atoms with Gasteiger partial charge in [0.2, 0.25) is 0 Å². The molecule has 0 bridgehead atoms. The number of rotatable bonds is 7. The van der Waals surface area contributed by atoms with Crippen molar-refractivity contribution < 1.29 is 14.2 Å². The van der Waals surface area contributed by atoms with Crippen LogP contribution in [-0.2, 0) is 12.1 Å². The van der Waals surface area contributed by atoms with Gasteiger partial charge in [-0.2, -0.15) is 0 Å². The third-order valence-corrected chi connectivity index (χ3v) is 4.46. The zero-order valence-corrected chi connectivity index (χ0v) is 14.7. The van der Waals surface area contributed by atoms with Gasteiger partial charge in [0.1, 0.15) is 17.2 Å². The minimum absolute atomic E-state index is 0.278. The molecule has 0 aliphatic carbocycles. The maximum atomic E-state index is 13.3. The van der Waals surface area contributed by atoms with Gasteiger partial charge in [0.05, 0.1) is 7.11 Å². The van der Waals surface area contributed by atoms with Crippen molar-refractivity contribution >= 4 is 0 Å². The summed E-state index contributed by atoms with van der Waals surface area (Å²) in [4.78, 5) is 0. The molecule has 26 heavy (non-hydrogen) atoms. The molecule has 134 valence electrons. The molecule has 1 atom stereocenters. The van der Waals surface area contributed by atoms with Crippen molar-refractivity contribution in [2.75, 3.05) is 13.7 Å². The van der Waals surface area contributed by atoms with Gasteiger partial charge in [-0.05, 0) is 29.3 Å². The Labute approximate surface area is 153 Å². The zero-order valence-electron chi connectivity index (χ0n) is 14.7. The quantitative estimate of drug-likeness (QED) is 0.679. The summed E-state index contributed by atoms with van der Waals surface area (Å²) in [5.41, 5.74) is 1.12. The van der Waals surface area contributed by atoms with Gasteiger partial charge in [0.25, 0.3) is 0 Å². The second-order valence-corrected chi connectivity index (χ2v) is 6.15. The van der Waals surface area contributed by atoms with Gasteiger partial charge in [-0.25, -0.2) is 4.39 Å². The third kappa shape index (κ3) is 3.93. The molecule has 0 radical (unpaired) electrons. The van der Waals surface area contributed by atoms with E-state index in [-0.39, 0.29) is 12.4 Å². The largest absolute Gasteiger partial charge is 0.496 e. The molecule has 2 N–H and O–H groups in total. The summed E-state index contributed by atoms with van der Waals surface area (Å²) < 4.78 is 18.7. The van der Waals surface area contributed by atoms with Crippen LogP contribution in [0.5, 0.6) is 5.75 Å². The molecule has 0 aliphatic rings. The Morgan fingerprint density at radius 1 is 0.885 bits per heavy atom. The van der Waals surface area contributed by atoms with E-state index in [0.29, 0.717) is 12.1 Å². The molecule has 0 saturated carbocycles. The van der Waals surface area contributed by atoms with Crippen molar-refractivity contribution in [3.63, 3.8) is 0 Å². The zero-order chi connectivity index (χ0) is 18.4. The van der Waals surface area contributed by atoms with E-state index in [1.54, 1.807) is 19.2 Å². The van der Waals surface area contributed by atoms with Gasteiger partial charge in [0.15, 0.2) is 0 Å². The summed E-state index contributed by atoms with van der Waals surface area (Å²) in [6.45, 7) is 0.820. The number of hydrogen-bond acceptors (Lipinski definition) is 3. The van der Waals surface area contributed by atoms with Crippen LogP contribution in [0.25, 0.3) is 0 Å². The first-order chi connectivity index (χ1) is 12.6. The van der Waals surface area contributed by atoms with E-state index in [1.807, 2.05) is 54.6 Å². The molecule has 1 unspecified atom stereocenters. The number of nitrogens with one attached hydrogen (secondary N) is 1. The number of ether oxygens (including phenoxy) is 1. The van der Waals surface area contributed by atoms with Crippen LogP contribution in [0, 0.1) is 5.82 Å². The Bertz CT molecular complexity index is 836. The molecule has 3 rings (SSSR count). The van der Waals surface area contributed by atoms with Gasteiger partial charge in [-0.1, -0.05) is 60.7 Å². The lowest BCUT2D eigenvalue weighted by Gasteiger charge is -2.30. The number of hydrogen-bond donors (Lipinski definition) is 2. The highest BCUT2D eigenvalue weighted by atomic mass is 19.1. The normalized spacial score (nSPS) is 13.2. The second kappa shape index (κ2) is 8.13. The molecule has 0 saturated heterocycles. The summed E-state index contributed by atoms with van der Waals surface area (Å²) in [6.07, 6.45) is 0. The summed E-state index contributed by atoms with van der Waals surface area (Å²) in [5, 5.41) is 14.7. The van der Waals surface area contributed by atoms with Crippen molar-refractivity contribution in [1.82, 2.24) is 5.32 Å². The topological polar surface area (TPSA) is 41.5 Å². The highest BCUT2D eigenvalue weighted by Crippen LogP contribution is 2.29. The molecular weight excluding hydrogens is 329 g/mol. The average Bonchev–Trinajstić information content (AvgIpc) is 2.69. The maximum absolute atomic E-state index is 13.3. The summed E-state index contributed by atoms with van der Waals surface area (Å²) in [6, 6.07) is 23.1. The smallest absolute Gasteiger partial charge is 0.127 e. The predicted molar refractivity (Wildman–Crippen MR) is 101 cm³/mol. The highest BCUT2D eigenvalue weighted by molar-refractivity contribution is 5.37. The van der Waals surface area contributed by atoms with Gasteiger partial charge in [0, 0.05) is 18.7 Å². The van der Waals surface area contributed by atoms with E-state index >= 15 is 0 Å². The standard InChI is InChI=1S/C22H22FNO2/c1-26-21-10-6-5-7-17(21)15-24-16-22(25,18-8-3-2-4-9-18)19-11-13-20(23)14-12-19/h2-14,24-25H,15-16H2,1H3. The Hall–Kier alpha value is -2.69. The maximum Gasteiger partial charge on any atom is 0.127 e. The van der Waals surface area contributed by atoms with E-state index < -0.39 is 5.60 Å². The molecule has 0 heterocycles.